The van der Waals surface area contributed by atoms with Crippen molar-refractivity contribution in [2.45, 2.75) is 18.9 Å². The summed E-state index contributed by atoms with van der Waals surface area (Å²) < 4.78 is 18.1. The first-order valence-corrected chi connectivity index (χ1v) is 9.69. The third-order valence-electron chi connectivity index (χ3n) is 5.24. The van der Waals surface area contributed by atoms with Crippen molar-refractivity contribution in [1.29, 1.82) is 0 Å². The number of halogens is 1. The van der Waals surface area contributed by atoms with E-state index in [0.717, 1.165) is 52.0 Å². The molecule has 26 heavy (non-hydrogen) atoms. The zero-order valence-corrected chi connectivity index (χ0v) is 15.6. The molecule has 0 saturated carbocycles. The average Bonchev–Trinajstić information content (AvgIpc) is 3.27. The second kappa shape index (κ2) is 5.89. The number of hydrogen-bond donors (Lipinski definition) is 0. The van der Waals surface area contributed by atoms with Crippen LogP contribution in [0.5, 0.6) is 0 Å². The van der Waals surface area contributed by atoms with Crippen LogP contribution in [0.25, 0.3) is 31.6 Å². The van der Waals surface area contributed by atoms with Gasteiger partial charge in [-0.15, -0.1) is 11.3 Å². The Labute approximate surface area is 154 Å². The molecule has 0 spiro atoms. The lowest BCUT2D eigenvalue weighted by molar-refractivity contribution is 0.213. The maximum atomic E-state index is 14.4. The summed E-state index contributed by atoms with van der Waals surface area (Å²) in [6.07, 6.45) is 6.27. The van der Waals surface area contributed by atoms with E-state index in [2.05, 4.69) is 34.0 Å². The van der Waals surface area contributed by atoms with Crippen molar-refractivity contribution in [3.05, 3.63) is 36.4 Å². The molecule has 4 aromatic rings. The first-order valence-electron chi connectivity index (χ1n) is 8.87. The third-order valence-corrected chi connectivity index (χ3v) is 6.33. The number of fused-ring (bicyclic) bond motifs is 2. The molecule has 5 nitrogen and oxygen atoms in total. The first-order chi connectivity index (χ1) is 12.6. The third kappa shape index (κ3) is 2.62. The van der Waals surface area contributed by atoms with Gasteiger partial charge in [0.25, 0.3) is 0 Å². The van der Waals surface area contributed by atoms with Gasteiger partial charge in [-0.1, -0.05) is 0 Å². The number of hydrogen-bond acceptors (Lipinski definition) is 4. The summed E-state index contributed by atoms with van der Waals surface area (Å²) in [6, 6.07) is 6.18. The lowest BCUT2D eigenvalue weighted by Gasteiger charge is -2.28. The van der Waals surface area contributed by atoms with Crippen LogP contribution in [-0.4, -0.2) is 44.6 Å². The van der Waals surface area contributed by atoms with E-state index in [9.17, 15) is 4.39 Å². The number of piperidine rings is 1. The Morgan fingerprint density at radius 1 is 1.04 bits per heavy atom. The van der Waals surface area contributed by atoms with Gasteiger partial charge in [0.15, 0.2) is 5.82 Å². The fourth-order valence-electron chi connectivity index (χ4n) is 3.79. The monoisotopic (exact) mass is 369 g/mol. The van der Waals surface area contributed by atoms with Crippen molar-refractivity contribution in [3.8, 4) is 10.4 Å². The van der Waals surface area contributed by atoms with Crippen LogP contribution in [0.4, 0.5) is 4.39 Å². The summed E-state index contributed by atoms with van der Waals surface area (Å²) in [5, 5.41) is 10.9. The highest BCUT2D eigenvalue weighted by atomic mass is 32.1. The maximum Gasteiger partial charge on any atom is 0.151 e. The zero-order chi connectivity index (χ0) is 17.8. The van der Waals surface area contributed by atoms with E-state index >= 15 is 0 Å². The first kappa shape index (κ1) is 16.0. The molecule has 134 valence electrons. The molecule has 3 aromatic heterocycles. The predicted octanol–water partition coefficient (Wildman–Crippen LogP) is 4.06. The molecule has 5 rings (SSSR count). The van der Waals surface area contributed by atoms with Crippen LogP contribution in [-0.2, 0) is 7.05 Å². The number of rotatable bonds is 2. The molecule has 0 amide bonds. The lowest BCUT2D eigenvalue weighted by Crippen LogP contribution is -2.31. The molecule has 1 saturated heterocycles. The number of thiophene rings is 1. The van der Waals surface area contributed by atoms with Gasteiger partial charge in [-0.25, -0.2) is 4.39 Å². The van der Waals surface area contributed by atoms with Crippen LogP contribution in [0.1, 0.15) is 18.9 Å². The highest BCUT2D eigenvalue weighted by molar-refractivity contribution is 7.21. The summed E-state index contributed by atoms with van der Waals surface area (Å²) in [5.74, 6) is -0.277. The van der Waals surface area contributed by atoms with E-state index in [1.54, 1.807) is 22.1 Å². The van der Waals surface area contributed by atoms with Gasteiger partial charge in [0.1, 0.15) is 10.3 Å². The molecule has 4 heterocycles. The smallest absolute Gasteiger partial charge is 0.151 e. The van der Waals surface area contributed by atoms with Crippen LogP contribution in [0, 0.1) is 5.82 Å². The molecule has 7 heteroatoms. The van der Waals surface area contributed by atoms with Crippen LogP contribution in [0.2, 0.25) is 0 Å². The molecule has 0 atom stereocenters. The van der Waals surface area contributed by atoms with Crippen LogP contribution in [0.3, 0.4) is 0 Å². The van der Waals surface area contributed by atoms with Gasteiger partial charge >= 0.3 is 0 Å². The largest absolute Gasteiger partial charge is 0.306 e. The fourth-order valence-corrected chi connectivity index (χ4v) is 4.78. The zero-order valence-electron chi connectivity index (χ0n) is 14.8. The van der Waals surface area contributed by atoms with Crippen molar-refractivity contribution in [2.24, 2.45) is 7.05 Å². The molecule has 0 bridgehead atoms. The Morgan fingerprint density at radius 3 is 2.62 bits per heavy atom. The minimum Gasteiger partial charge on any atom is -0.306 e. The molecule has 1 aliphatic rings. The topological polar surface area (TPSA) is 38.9 Å². The van der Waals surface area contributed by atoms with Crippen molar-refractivity contribution < 1.29 is 4.39 Å². The highest BCUT2D eigenvalue weighted by Gasteiger charge is 2.20. The highest BCUT2D eigenvalue weighted by Crippen LogP contribution is 2.36. The maximum absolute atomic E-state index is 14.4. The van der Waals surface area contributed by atoms with Crippen LogP contribution >= 0.6 is 11.3 Å². The van der Waals surface area contributed by atoms with Gasteiger partial charge in [-0.05, 0) is 56.7 Å². The molecule has 0 aliphatic carbocycles. The number of aromatic nitrogens is 4. The predicted molar refractivity (Wildman–Crippen MR) is 103 cm³/mol. The van der Waals surface area contributed by atoms with Gasteiger partial charge in [0.2, 0.25) is 0 Å². The molecule has 0 N–H and O–H groups in total. The van der Waals surface area contributed by atoms with Crippen LogP contribution in [0.15, 0.2) is 30.6 Å². The quantitative estimate of drug-likeness (QED) is 0.535. The van der Waals surface area contributed by atoms with Crippen LogP contribution < -0.4 is 0 Å². The summed E-state index contributed by atoms with van der Waals surface area (Å²) in [5.41, 5.74) is 1.31. The van der Waals surface area contributed by atoms with E-state index in [4.69, 9.17) is 5.10 Å². The molecule has 1 aromatic carbocycles. The van der Waals surface area contributed by atoms with E-state index in [0.29, 0.717) is 11.6 Å². The molecule has 0 radical (unpaired) electrons. The Bertz CT molecular complexity index is 1070. The Kier molecular flexibility index (Phi) is 3.62. The standard InChI is InChI=1S/C19H20FN5S/c1-23-5-3-15(4-6-23)25-11-14-9-17(26-19(14)22-25)12-7-13-10-24(2)21-18(13)16(20)8-12/h7-11,15H,3-6H2,1-2H3. The Morgan fingerprint density at radius 2 is 1.85 bits per heavy atom. The average molecular weight is 369 g/mol. The second-order valence-electron chi connectivity index (χ2n) is 7.21. The second-order valence-corrected chi connectivity index (χ2v) is 8.24. The minimum atomic E-state index is -0.277. The van der Waals surface area contributed by atoms with Gasteiger partial charge in [-0.3, -0.25) is 9.36 Å². The van der Waals surface area contributed by atoms with E-state index in [1.807, 2.05) is 19.3 Å². The van der Waals surface area contributed by atoms with E-state index < -0.39 is 0 Å². The summed E-state index contributed by atoms with van der Waals surface area (Å²) in [7, 11) is 3.98. The Hall–Kier alpha value is -2.25. The number of likely N-dealkylation sites (tertiary alicyclic amines) is 1. The summed E-state index contributed by atoms with van der Waals surface area (Å²) >= 11 is 1.62. The van der Waals surface area contributed by atoms with Gasteiger partial charge < -0.3 is 4.90 Å². The number of aryl methyl sites for hydroxylation is 1. The van der Waals surface area contributed by atoms with Gasteiger partial charge in [-0.2, -0.15) is 10.2 Å². The molecule has 1 aliphatic heterocycles. The van der Waals surface area contributed by atoms with Gasteiger partial charge in [0.05, 0.1) is 6.04 Å². The summed E-state index contributed by atoms with van der Waals surface area (Å²) in [6.45, 7) is 2.24. The van der Waals surface area contributed by atoms with Crippen molar-refractivity contribution >= 4 is 32.5 Å². The van der Waals surface area contributed by atoms with Gasteiger partial charge in [0, 0.05) is 35.1 Å². The van der Waals surface area contributed by atoms with E-state index in [-0.39, 0.29) is 5.82 Å². The van der Waals surface area contributed by atoms with Crippen molar-refractivity contribution in [3.63, 3.8) is 0 Å². The number of nitrogens with zero attached hydrogens (tertiary/aromatic N) is 5. The molecule has 1 fully saturated rings. The molecule has 0 unspecified atom stereocenters. The molecular weight excluding hydrogens is 349 g/mol. The molecular formula is C19H20FN5S. The van der Waals surface area contributed by atoms with E-state index in [1.165, 1.54) is 0 Å². The minimum absolute atomic E-state index is 0.277. The Balaban J connectivity index is 1.49. The van der Waals surface area contributed by atoms with Crippen molar-refractivity contribution in [1.82, 2.24) is 24.5 Å². The SMILES string of the molecule is CN1CCC(n2cc3cc(-c4cc(F)c5nn(C)cc5c4)sc3n2)CC1. The normalized spacial score (nSPS) is 16.9. The lowest BCUT2D eigenvalue weighted by atomic mass is 10.1. The fraction of sp³-hybridized carbons (Fsp3) is 0.368. The van der Waals surface area contributed by atoms with Crippen molar-refractivity contribution in [2.75, 3.05) is 20.1 Å². The summed E-state index contributed by atoms with van der Waals surface area (Å²) in [4.78, 5) is 4.43. The number of benzene rings is 1.